The summed E-state index contributed by atoms with van der Waals surface area (Å²) in [5.41, 5.74) is 2.52. The Morgan fingerprint density at radius 1 is 1.21 bits per heavy atom. The molecule has 0 bridgehead atoms. The Morgan fingerprint density at radius 3 is 1.96 bits per heavy atom. The average Bonchev–Trinajstić information content (AvgIpc) is 2.88. The zero-order valence-electron chi connectivity index (χ0n) is 16.8. The van der Waals surface area contributed by atoms with Crippen molar-refractivity contribution in [1.29, 1.82) is 0 Å². The molecule has 0 N–H and O–H groups in total. The molecule has 1 atom stereocenters. The van der Waals surface area contributed by atoms with Gasteiger partial charge in [-0.15, -0.1) is 0 Å². The summed E-state index contributed by atoms with van der Waals surface area (Å²) in [7, 11) is 5.57. The van der Waals surface area contributed by atoms with Gasteiger partial charge in [0.1, 0.15) is 5.82 Å². The lowest BCUT2D eigenvalue weighted by Gasteiger charge is -2.23. The summed E-state index contributed by atoms with van der Waals surface area (Å²) < 4.78 is 2.17. The zero-order chi connectivity index (χ0) is 18.8. The number of carbonyl (C=O) groups is 1. The number of thioether (sulfide) groups is 1. The number of imidazole rings is 1. The van der Waals surface area contributed by atoms with Crippen molar-refractivity contribution in [1.82, 2.24) is 14.5 Å². The maximum absolute atomic E-state index is 11.7. The molecule has 1 unspecified atom stereocenters. The van der Waals surface area contributed by atoms with Crippen molar-refractivity contribution in [2.45, 2.75) is 59.6 Å². The van der Waals surface area contributed by atoms with E-state index in [0.29, 0.717) is 5.92 Å². The Hall–Kier alpha value is -1.30. The van der Waals surface area contributed by atoms with Gasteiger partial charge in [0.2, 0.25) is 5.91 Å². The van der Waals surface area contributed by atoms with Crippen molar-refractivity contribution in [3.63, 3.8) is 0 Å². The topological polar surface area (TPSA) is 50.5 Å². The van der Waals surface area contributed by atoms with Crippen molar-refractivity contribution < 1.29 is 4.79 Å². The third-order valence-electron chi connectivity index (χ3n) is 4.14. The Bertz CT molecular complexity index is 626. The number of amides is 1. The number of aryl methyl sites for hydroxylation is 2. The molecule has 0 aliphatic carbocycles. The van der Waals surface area contributed by atoms with Crippen LogP contribution in [0.25, 0.3) is 0 Å². The molecule has 0 saturated carbocycles. The summed E-state index contributed by atoms with van der Waals surface area (Å²) in [4.78, 5) is 21.8. The molecule has 2 heterocycles. The monoisotopic (exact) mass is 352 g/mol. The third-order valence-corrected chi connectivity index (χ3v) is 5.95. The molecule has 0 aromatic carbocycles. The second-order valence-corrected chi connectivity index (χ2v) is 8.68. The molecule has 2 rings (SSSR count). The molecule has 1 saturated heterocycles. The molecule has 1 amide bonds. The van der Waals surface area contributed by atoms with Crippen molar-refractivity contribution >= 4 is 22.8 Å². The van der Waals surface area contributed by atoms with Gasteiger partial charge in [0, 0.05) is 26.8 Å². The second-order valence-electron chi connectivity index (χ2n) is 7.61. The molecule has 6 heteroatoms. The van der Waals surface area contributed by atoms with E-state index in [0.717, 1.165) is 11.0 Å². The number of carbonyl (C=O) groups excluding carboxylic acids is 1. The van der Waals surface area contributed by atoms with Crippen LogP contribution in [0.4, 0.5) is 0 Å². The van der Waals surface area contributed by atoms with Gasteiger partial charge < -0.3 is 4.57 Å². The van der Waals surface area contributed by atoms with Crippen LogP contribution in [-0.2, 0) is 11.8 Å². The van der Waals surface area contributed by atoms with Gasteiger partial charge in [0.05, 0.1) is 10.9 Å². The molecular formula is C18H32N4OS. The summed E-state index contributed by atoms with van der Waals surface area (Å²) in [6.45, 7) is 14.7. The van der Waals surface area contributed by atoms with Gasteiger partial charge in [-0.05, 0) is 25.2 Å². The van der Waals surface area contributed by atoms with Crippen LogP contribution in [0.3, 0.4) is 0 Å². The number of aliphatic imine (C=N–C) groups is 1. The summed E-state index contributed by atoms with van der Waals surface area (Å²) in [6, 6.07) is 0. The van der Waals surface area contributed by atoms with E-state index >= 15 is 0 Å². The predicted octanol–water partition coefficient (Wildman–Crippen LogP) is 3.75. The van der Waals surface area contributed by atoms with Crippen molar-refractivity contribution in [3.8, 4) is 0 Å². The van der Waals surface area contributed by atoms with Crippen LogP contribution in [-0.4, -0.2) is 44.9 Å². The Morgan fingerprint density at radius 2 is 1.75 bits per heavy atom. The lowest BCUT2D eigenvalue weighted by molar-refractivity contribution is -0.126. The maximum atomic E-state index is 11.7. The molecular weight excluding hydrogens is 320 g/mol. The van der Waals surface area contributed by atoms with E-state index in [1.807, 2.05) is 6.92 Å². The molecule has 1 aliphatic heterocycles. The quantitative estimate of drug-likeness (QED) is 0.773. The number of nitrogens with zero attached hydrogens (tertiary/aromatic N) is 4. The van der Waals surface area contributed by atoms with Crippen LogP contribution < -0.4 is 0 Å². The molecule has 24 heavy (non-hydrogen) atoms. The van der Waals surface area contributed by atoms with Crippen molar-refractivity contribution in [2.75, 3.05) is 14.1 Å². The Kier molecular flexibility index (Phi) is 6.67. The molecule has 0 spiro atoms. The van der Waals surface area contributed by atoms with Gasteiger partial charge in [-0.3, -0.25) is 14.7 Å². The fourth-order valence-electron chi connectivity index (χ4n) is 2.85. The molecule has 1 fully saturated rings. The van der Waals surface area contributed by atoms with E-state index in [2.05, 4.69) is 63.1 Å². The van der Waals surface area contributed by atoms with Gasteiger partial charge in [-0.2, -0.15) is 0 Å². The van der Waals surface area contributed by atoms with E-state index < -0.39 is 0 Å². The Labute approximate surface area is 150 Å². The van der Waals surface area contributed by atoms with E-state index in [-0.39, 0.29) is 16.6 Å². The highest BCUT2D eigenvalue weighted by Crippen LogP contribution is 2.37. The average molecular weight is 353 g/mol. The van der Waals surface area contributed by atoms with E-state index in [9.17, 15) is 4.79 Å². The normalized spacial score (nSPS) is 20.0. The number of hydrogen-bond donors (Lipinski definition) is 0. The predicted molar refractivity (Wildman–Crippen MR) is 104 cm³/mol. The lowest BCUT2D eigenvalue weighted by atomic mass is 9.91. The minimum absolute atomic E-state index is 0.00243. The van der Waals surface area contributed by atoms with Crippen LogP contribution in [0, 0.1) is 19.3 Å². The van der Waals surface area contributed by atoms with Crippen LogP contribution in [0.2, 0.25) is 0 Å². The highest BCUT2D eigenvalue weighted by atomic mass is 32.2. The summed E-state index contributed by atoms with van der Waals surface area (Å²) >= 11 is 1.56. The summed E-state index contributed by atoms with van der Waals surface area (Å²) in [5, 5.41) is 0.834. The first-order chi connectivity index (χ1) is 10.9. The lowest BCUT2D eigenvalue weighted by Crippen LogP contribution is -2.34. The highest BCUT2D eigenvalue weighted by Gasteiger charge is 2.42. The minimum atomic E-state index is 0.00243. The standard InChI is InChI=1S/C9H16N2OS.C9H16N2/c1-9(2,3)6-7(12)11(5)8(10-4)13-6;1-6(2)9-7(3)10-8(4)11(9)5/h6H,1-5H3;6H,1-5H3. The SMILES string of the molecule is CN=C1SC(C(C)(C)C)C(=O)N1C.Cc1nc(C)n(C)c1C(C)C. The molecule has 5 nitrogen and oxygen atoms in total. The number of amidine groups is 1. The number of hydrogen-bond acceptors (Lipinski definition) is 4. The first-order valence-electron chi connectivity index (χ1n) is 8.32. The highest BCUT2D eigenvalue weighted by molar-refractivity contribution is 8.15. The van der Waals surface area contributed by atoms with E-state index in [1.54, 1.807) is 30.8 Å². The molecule has 1 aromatic rings. The fraction of sp³-hybridized carbons (Fsp3) is 0.722. The molecule has 1 aromatic heterocycles. The Balaban J connectivity index is 0.000000243. The van der Waals surface area contributed by atoms with Crippen LogP contribution >= 0.6 is 11.8 Å². The van der Waals surface area contributed by atoms with Gasteiger partial charge >= 0.3 is 0 Å². The van der Waals surface area contributed by atoms with Crippen LogP contribution in [0.5, 0.6) is 0 Å². The van der Waals surface area contributed by atoms with Crippen LogP contribution in [0.15, 0.2) is 4.99 Å². The summed E-state index contributed by atoms with van der Waals surface area (Å²) in [5.74, 6) is 1.84. The van der Waals surface area contributed by atoms with Gasteiger partial charge in [-0.1, -0.05) is 46.4 Å². The maximum Gasteiger partial charge on any atom is 0.242 e. The minimum Gasteiger partial charge on any atom is -0.335 e. The summed E-state index contributed by atoms with van der Waals surface area (Å²) in [6.07, 6.45) is 0. The van der Waals surface area contributed by atoms with Gasteiger partial charge in [0.25, 0.3) is 0 Å². The molecule has 136 valence electrons. The second kappa shape index (κ2) is 7.72. The third kappa shape index (κ3) is 4.41. The largest absolute Gasteiger partial charge is 0.335 e. The van der Waals surface area contributed by atoms with E-state index in [1.165, 1.54) is 11.4 Å². The number of aromatic nitrogens is 2. The molecule has 1 aliphatic rings. The van der Waals surface area contributed by atoms with Crippen molar-refractivity contribution in [2.24, 2.45) is 17.5 Å². The van der Waals surface area contributed by atoms with Gasteiger partial charge in [-0.25, -0.2) is 4.98 Å². The fourth-order valence-corrected chi connectivity index (χ4v) is 4.03. The van der Waals surface area contributed by atoms with Crippen LogP contribution in [0.1, 0.15) is 57.7 Å². The van der Waals surface area contributed by atoms with Crippen molar-refractivity contribution in [3.05, 3.63) is 17.2 Å². The zero-order valence-corrected chi connectivity index (χ0v) is 17.6. The van der Waals surface area contributed by atoms with Gasteiger partial charge in [0.15, 0.2) is 5.17 Å². The smallest absolute Gasteiger partial charge is 0.242 e. The first kappa shape index (κ1) is 20.7. The van der Waals surface area contributed by atoms with E-state index in [4.69, 9.17) is 0 Å². The molecule has 0 radical (unpaired) electrons. The first-order valence-corrected chi connectivity index (χ1v) is 9.20. The number of rotatable bonds is 1.